The molecule has 176 valence electrons. The molecule has 6 nitrogen and oxygen atoms in total. The molecule has 0 radical (unpaired) electrons. The fraction of sp³-hybridized carbons (Fsp3) is 0.296. The predicted molar refractivity (Wildman–Crippen MR) is 136 cm³/mol. The highest BCUT2D eigenvalue weighted by atomic mass is 35.5. The molecule has 0 saturated heterocycles. The average molecular weight is 477 g/mol. The lowest BCUT2D eigenvalue weighted by atomic mass is 9.82. The van der Waals surface area contributed by atoms with Crippen LogP contribution in [-0.2, 0) is 6.42 Å². The van der Waals surface area contributed by atoms with Gasteiger partial charge in [-0.15, -0.1) is 0 Å². The molecule has 2 heterocycles. The van der Waals surface area contributed by atoms with Gasteiger partial charge in [-0.1, -0.05) is 56.6 Å². The van der Waals surface area contributed by atoms with E-state index >= 15 is 0 Å². The summed E-state index contributed by atoms with van der Waals surface area (Å²) in [6.07, 6.45) is 7.72. The summed E-state index contributed by atoms with van der Waals surface area (Å²) >= 11 is 6.02. The Morgan fingerprint density at radius 3 is 2.53 bits per heavy atom. The molecule has 7 heteroatoms. The first-order chi connectivity index (χ1) is 16.2. The topological polar surface area (TPSA) is 80.0 Å². The minimum Gasteiger partial charge on any atom is -0.465 e. The lowest BCUT2D eigenvalue weighted by Crippen LogP contribution is -2.40. The normalized spacial score (nSPS) is 13.5. The van der Waals surface area contributed by atoms with E-state index in [1.165, 1.54) is 0 Å². The zero-order valence-corrected chi connectivity index (χ0v) is 20.3. The fourth-order valence-corrected chi connectivity index (χ4v) is 4.45. The molecule has 2 unspecified atom stereocenters. The van der Waals surface area contributed by atoms with Crippen molar-refractivity contribution in [3.63, 3.8) is 0 Å². The molecule has 2 aromatic carbocycles. The van der Waals surface area contributed by atoms with Crippen LogP contribution in [-0.4, -0.2) is 32.0 Å². The van der Waals surface area contributed by atoms with Crippen molar-refractivity contribution in [2.24, 2.45) is 5.41 Å². The average Bonchev–Trinajstić information content (AvgIpc) is 3.27. The highest BCUT2D eigenvalue weighted by Gasteiger charge is 2.31. The monoisotopic (exact) mass is 476 g/mol. The van der Waals surface area contributed by atoms with E-state index in [-0.39, 0.29) is 17.5 Å². The number of pyridine rings is 1. The van der Waals surface area contributed by atoms with Crippen LogP contribution in [0, 0.1) is 5.41 Å². The number of halogens is 1. The van der Waals surface area contributed by atoms with Gasteiger partial charge in [0.1, 0.15) is 0 Å². The van der Waals surface area contributed by atoms with Crippen molar-refractivity contribution < 1.29 is 9.90 Å². The molecule has 34 heavy (non-hydrogen) atoms. The summed E-state index contributed by atoms with van der Waals surface area (Å²) in [5.74, 6) is 0. The lowest BCUT2D eigenvalue weighted by molar-refractivity contribution is 0.170. The second kappa shape index (κ2) is 9.85. The summed E-state index contributed by atoms with van der Waals surface area (Å²) in [7, 11) is 0. The van der Waals surface area contributed by atoms with Gasteiger partial charge in [-0.05, 0) is 59.0 Å². The van der Waals surface area contributed by atoms with Crippen LogP contribution >= 0.6 is 11.6 Å². The summed E-state index contributed by atoms with van der Waals surface area (Å²) in [5, 5.41) is 19.8. The van der Waals surface area contributed by atoms with Gasteiger partial charge in [-0.3, -0.25) is 9.67 Å². The summed E-state index contributed by atoms with van der Waals surface area (Å²) in [6, 6.07) is 15.5. The van der Waals surface area contributed by atoms with Gasteiger partial charge >= 0.3 is 6.09 Å². The molecule has 0 saturated carbocycles. The molecule has 4 aromatic rings. The van der Waals surface area contributed by atoms with Gasteiger partial charge in [0.2, 0.25) is 0 Å². The quantitative estimate of drug-likeness (QED) is 0.314. The first-order valence-corrected chi connectivity index (χ1v) is 11.7. The van der Waals surface area contributed by atoms with Gasteiger partial charge in [-0.2, -0.15) is 5.10 Å². The van der Waals surface area contributed by atoms with Crippen molar-refractivity contribution in [2.75, 3.05) is 0 Å². The molecule has 4 rings (SSSR count). The Hall–Kier alpha value is -3.38. The van der Waals surface area contributed by atoms with Crippen LogP contribution in [0.3, 0.4) is 0 Å². The Labute approximate surface area is 204 Å². The third kappa shape index (κ3) is 5.75. The minimum atomic E-state index is -1.03. The van der Waals surface area contributed by atoms with Crippen LogP contribution in [0.15, 0.2) is 73.3 Å². The number of aromatic nitrogens is 3. The zero-order valence-electron chi connectivity index (χ0n) is 19.6. The van der Waals surface area contributed by atoms with E-state index in [4.69, 9.17) is 16.7 Å². The van der Waals surface area contributed by atoms with Crippen LogP contribution in [0.4, 0.5) is 4.79 Å². The van der Waals surface area contributed by atoms with Crippen LogP contribution in [0.1, 0.15) is 38.8 Å². The fourth-order valence-electron chi connectivity index (χ4n) is 4.32. The summed E-state index contributed by atoms with van der Waals surface area (Å²) in [4.78, 5) is 15.7. The van der Waals surface area contributed by atoms with E-state index in [1.807, 2.05) is 47.4 Å². The highest BCUT2D eigenvalue weighted by molar-refractivity contribution is 6.30. The van der Waals surface area contributed by atoms with Gasteiger partial charge in [0, 0.05) is 40.6 Å². The van der Waals surface area contributed by atoms with Crippen LogP contribution in [0.25, 0.3) is 21.9 Å². The predicted octanol–water partition coefficient (Wildman–Crippen LogP) is 6.61. The maximum absolute atomic E-state index is 11.6. The Kier molecular flexibility index (Phi) is 6.89. The molecule has 0 bridgehead atoms. The largest absolute Gasteiger partial charge is 0.465 e. The Morgan fingerprint density at radius 2 is 1.82 bits per heavy atom. The maximum Gasteiger partial charge on any atom is 0.404 e. The van der Waals surface area contributed by atoms with Crippen molar-refractivity contribution in [1.82, 2.24) is 20.1 Å². The van der Waals surface area contributed by atoms with Crippen molar-refractivity contribution >= 4 is 28.5 Å². The van der Waals surface area contributed by atoms with Gasteiger partial charge in [0.25, 0.3) is 0 Å². The zero-order chi connectivity index (χ0) is 24.3. The number of carbonyl (C=O) groups is 1. The van der Waals surface area contributed by atoms with Gasteiger partial charge in [-0.25, -0.2) is 4.79 Å². The molecule has 0 aliphatic carbocycles. The standard InChI is InChI=1S/C27H29ClN4O2/c1-27(2,3)25(14-24(31-26(33)34)12-18-4-8-23(28)9-5-18)32-17-22(16-30-32)19-6-7-21-15-29-11-10-20(21)13-19/h4-11,13,15-17,24-25,31H,12,14H2,1-3H3,(H,33,34). The Balaban J connectivity index is 1.61. The van der Waals surface area contributed by atoms with E-state index in [2.05, 4.69) is 55.5 Å². The Morgan fingerprint density at radius 1 is 1.06 bits per heavy atom. The molecule has 0 fully saturated rings. The number of carboxylic acid groups (broad SMARTS) is 1. The van der Waals surface area contributed by atoms with Crippen molar-refractivity contribution in [2.45, 2.75) is 45.7 Å². The van der Waals surface area contributed by atoms with Crippen molar-refractivity contribution in [3.8, 4) is 11.1 Å². The lowest BCUT2D eigenvalue weighted by Gasteiger charge is -2.34. The number of nitrogens with one attached hydrogen (secondary N) is 1. The number of benzene rings is 2. The van der Waals surface area contributed by atoms with Gasteiger partial charge in [0.05, 0.1) is 12.2 Å². The number of hydrogen-bond donors (Lipinski definition) is 2. The third-order valence-electron chi connectivity index (χ3n) is 6.13. The van der Waals surface area contributed by atoms with E-state index < -0.39 is 6.09 Å². The molecule has 2 N–H and O–H groups in total. The second-order valence-electron chi connectivity index (χ2n) is 9.74. The number of fused-ring (bicyclic) bond motifs is 1. The van der Waals surface area contributed by atoms with Gasteiger partial charge < -0.3 is 10.4 Å². The molecular weight excluding hydrogens is 448 g/mol. The molecule has 2 atom stereocenters. The SMILES string of the molecule is CC(C)(C)C(CC(Cc1ccc(Cl)cc1)NC(=O)O)n1cc(-c2ccc3cnccc3c2)cn1. The first-order valence-electron chi connectivity index (χ1n) is 11.3. The van der Waals surface area contributed by atoms with Crippen LogP contribution in [0.5, 0.6) is 0 Å². The molecule has 0 aliphatic heterocycles. The van der Waals surface area contributed by atoms with E-state index in [1.54, 1.807) is 6.20 Å². The van der Waals surface area contributed by atoms with E-state index in [0.717, 1.165) is 27.5 Å². The summed E-state index contributed by atoms with van der Waals surface area (Å²) in [5.41, 5.74) is 2.99. The second-order valence-corrected chi connectivity index (χ2v) is 10.2. The summed E-state index contributed by atoms with van der Waals surface area (Å²) in [6.45, 7) is 6.46. The van der Waals surface area contributed by atoms with Crippen LogP contribution in [0.2, 0.25) is 5.02 Å². The number of rotatable bonds is 7. The maximum atomic E-state index is 11.6. The number of nitrogens with zero attached hydrogens (tertiary/aromatic N) is 3. The smallest absolute Gasteiger partial charge is 0.404 e. The Bertz CT molecular complexity index is 1280. The molecule has 1 amide bonds. The summed E-state index contributed by atoms with van der Waals surface area (Å²) < 4.78 is 1.98. The van der Waals surface area contributed by atoms with Gasteiger partial charge in [0.15, 0.2) is 0 Å². The van der Waals surface area contributed by atoms with E-state index in [0.29, 0.717) is 17.9 Å². The van der Waals surface area contributed by atoms with E-state index in [9.17, 15) is 9.90 Å². The highest BCUT2D eigenvalue weighted by Crippen LogP contribution is 2.36. The molecular formula is C27H29ClN4O2. The molecule has 2 aromatic heterocycles. The number of hydrogen-bond acceptors (Lipinski definition) is 3. The van der Waals surface area contributed by atoms with Crippen molar-refractivity contribution in [1.29, 1.82) is 0 Å². The number of amides is 1. The molecule has 0 spiro atoms. The minimum absolute atomic E-state index is 0.0185. The van der Waals surface area contributed by atoms with Crippen molar-refractivity contribution in [3.05, 3.63) is 83.9 Å². The first kappa shape index (κ1) is 23.8. The third-order valence-corrected chi connectivity index (χ3v) is 6.38. The molecule has 0 aliphatic rings. The van der Waals surface area contributed by atoms with Crippen LogP contribution < -0.4 is 5.32 Å².